The van der Waals surface area contributed by atoms with Crippen LogP contribution in [0.25, 0.3) is 0 Å². The first kappa shape index (κ1) is 9.81. The summed E-state index contributed by atoms with van der Waals surface area (Å²) in [5, 5.41) is 9.51. The third-order valence-electron chi connectivity index (χ3n) is 3.33. The van der Waals surface area contributed by atoms with Crippen molar-refractivity contribution >= 4 is 12.6 Å². The molecule has 1 saturated carbocycles. The Morgan fingerprint density at radius 2 is 2.23 bits per heavy atom. The molecule has 2 nitrogen and oxygen atoms in total. The lowest BCUT2D eigenvalue weighted by atomic mass is 10.0. The van der Waals surface area contributed by atoms with Crippen LogP contribution in [-0.2, 0) is 0 Å². The van der Waals surface area contributed by atoms with Gasteiger partial charge in [0.2, 0.25) is 0 Å². The van der Waals surface area contributed by atoms with Crippen LogP contribution in [0, 0.1) is 5.41 Å². The van der Waals surface area contributed by atoms with Crippen LogP contribution >= 0.6 is 12.6 Å². The van der Waals surface area contributed by atoms with Gasteiger partial charge in [0, 0.05) is 13.1 Å². The second-order valence-electron chi connectivity index (χ2n) is 4.69. The van der Waals surface area contributed by atoms with E-state index in [1.165, 1.54) is 19.4 Å². The summed E-state index contributed by atoms with van der Waals surface area (Å²) in [6.07, 6.45) is 4.74. The van der Waals surface area contributed by atoms with Crippen molar-refractivity contribution in [3.63, 3.8) is 0 Å². The minimum Gasteiger partial charge on any atom is -0.392 e. The number of rotatable bonds is 3. The molecule has 0 aromatic rings. The molecule has 1 N–H and O–H groups in total. The molecule has 3 heteroatoms. The zero-order valence-corrected chi connectivity index (χ0v) is 8.97. The maximum absolute atomic E-state index is 9.51. The minimum absolute atomic E-state index is 0.0792. The molecule has 2 fully saturated rings. The van der Waals surface area contributed by atoms with Crippen LogP contribution in [0.1, 0.15) is 25.7 Å². The summed E-state index contributed by atoms with van der Waals surface area (Å²) in [4.78, 5) is 2.41. The zero-order chi connectivity index (χ0) is 9.31. The highest BCUT2D eigenvalue weighted by atomic mass is 32.1. The Labute approximate surface area is 85.7 Å². The molecule has 2 rings (SSSR count). The maximum atomic E-state index is 9.51. The van der Waals surface area contributed by atoms with Gasteiger partial charge in [-0.25, -0.2) is 0 Å². The standard InChI is InChI=1S/C10H19NOS/c12-9-2-1-5-11(6-9)7-10(8-13)3-4-10/h9,12-13H,1-8H2. The van der Waals surface area contributed by atoms with Crippen molar-refractivity contribution in [1.29, 1.82) is 0 Å². The van der Waals surface area contributed by atoms with Crippen molar-refractivity contribution in [2.45, 2.75) is 31.8 Å². The van der Waals surface area contributed by atoms with Gasteiger partial charge in [-0.05, 0) is 43.4 Å². The van der Waals surface area contributed by atoms with E-state index in [0.29, 0.717) is 5.41 Å². The van der Waals surface area contributed by atoms with Gasteiger partial charge in [0.15, 0.2) is 0 Å². The van der Waals surface area contributed by atoms with Gasteiger partial charge in [-0.1, -0.05) is 0 Å². The van der Waals surface area contributed by atoms with Crippen molar-refractivity contribution in [1.82, 2.24) is 4.90 Å². The number of β-amino-alcohol motifs (C(OH)–C–C–N with tert-alkyl or cyclic N) is 1. The fourth-order valence-corrected chi connectivity index (χ4v) is 2.61. The topological polar surface area (TPSA) is 23.5 Å². The molecular formula is C10H19NOS. The van der Waals surface area contributed by atoms with Gasteiger partial charge in [0.05, 0.1) is 6.10 Å². The Morgan fingerprint density at radius 1 is 1.46 bits per heavy atom. The van der Waals surface area contributed by atoms with E-state index in [1.54, 1.807) is 0 Å². The number of hydrogen-bond acceptors (Lipinski definition) is 3. The first-order valence-electron chi connectivity index (χ1n) is 5.25. The number of piperidine rings is 1. The van der Waals surface area contributed by atoms with Crippen LogP contribution < -0.4 is 0 Å². The van der Waals surface area contributed by atoms with Crippen LogP contribution in [0.2, 0.25) is 0 Å². The third kappa shape index (κ3) is 2.39. The Bertz CT molecular complexity index is 182. The lowest BCUT2D eigenvalue weighted by molar-refractivity contribution is 0.0616. The van der Waals surface area contributed by atoms with Crippen molar-refractivity contribution < 1.29 is 5.11 Å². The summed E-state index contributed by atoms with van der Waals surface area (Å²) in [6, 6.07) is 0. The average Bonchev–Trinajstić information content (AvgIpc) is 2.86. The summed E-state index contributed by atoms with van der Waals surface area (Å²) < 4.78 is 0. The molecular weight excluding hydrogens is 182 g/mol. The quantitative estimate of drug-likeness (QED) is 0.669. The molecule has 0 aromatic heterocycles. The molecule has 1 aliphatic carbocycles. The fraction of sp³-hybridized carbons (Fsp3) is 1.00. The summed E-state index contributed by atoms with van der Waals surface area (Å²) in [7, 11) is 0. The van der Waals surface area contributed by atoms with E-state index in [4.69, 9.17) is 0 Å². The lowest BCUT2D eigenvalue weighted by Crippen LogP contribution is -2.41. The van der Waals surface area contributed by atoms with E-state index in [9.17, 15) is 5.11 Å². The molecule has 0 amide bonds. The molecule has 0 bridgehead atoms. The number of aliphatic hydroxyl groups excluding tert-OH is 1. The number of thiol groups is 1. The number of nitrogens with zero attached hydrogens (tertiary/aromatic N) is 1. The monoisotopic (exact) mass is 201 g/mol. The molecule has 1 saturated heterocycles. The van der Waals surface area contributed by atoms with Crippen LogP contribution in [-0.4, -0.2) is 41.5 Å². The normalized spacial score (nSPS) is 33.2. The first-order chi connectivity index (χ1) is 6.24. The Balaban J connectivity index is 1.80. The highest BCUT2D eigenvalue weighted by Gasteiger charge is 2.42. The molecule has 1 heterocycles. The number of aliphatic hydroxyl groups is 1. The predicted molar refractivity (Wildman–Crippen MR) is 57.2 cm³/mol. The molecule has 2 aliphatic rings. The van der Waals surface area contributed by atoms with Crippen LogP contribution in [0.4, 0.5) is 0 Å². The van der Waals surface area contributed by atoms with Crippen molar-refractivity contribution in [2.75, 3.05) is 25.4 Å². The SMILES string of the molecule is OC1CCCN(CC2(CS)CC2)C1. The third-order valence-corrected chi connectivity index (χ3v) is 4.00. The van der Waals surface area contributed by atoms with Gasteiger partial charge in [-0.2, -0.15) is 12.6 Å². The number of likely N-dealkylation sites (tertiary alicyclic amines) is 1. The second-order valence-corrected chi connectivity index (χ2v) is 5.01. The smallest absolute Gasteiger partial charge is 0.0667 e. The molecule has 13 heavy (non-hydrogen) atoms. The maximum Gasteiger partial charge on any atom is 0.0667 e. The van der Waals surface area contributed by atoms with E-state index < -0.39 is 0 Å². The largest absolute Gasteiger partial charge is 0.392 e. The molecule has 0 radical (unpaired) electrons. The summed E-state index contributed by atoms with van der Waals surface area (Å²) in [5.74, 6) is 1.01. The highest BCUT2D eigenvalue weighted by Crippen LogP contribution is 2.47. The molecule has 1 atom stereocenters. The Morgan fingerprint density at radius 3 is 2.77 bits per heavy atom. The Hall–Kier alpha value is 0.270. The van der Waals surface area contributed by atoms with E-state index in [-0.39, 0.29) is 6.10 Å². The molecule has 1 aliphatic heterocycles. The van der Waals surface area contributed by atoms with Gasteiger partial charge in [0.1, 0.15) is 0 Å². The summed E-state index contributed by atoms with van der Waals surface area (Å²) in [5.41, 5.74) is 0.514. The second kappa shape index (κ2) is 3.79. The highest BCUT2D eigenvalue weighted by molar-refractivity contribution is 7.80. The predicted octanol–water partition coefficient (Wildman–Crippen LogP) is 1.15. The molecule has 0 aromatic carbocycles. The average molecular weight is 201 g/mol. The minimum atomic E-state index is -0.0792. The summed E-state index contributed by atoms with van der Waals surface area (Å²) >= 11 is 4.40. The first-order valence-corrected chi connectivity index (χ1v) is 5.89. The molecule has 1 unspecified atom stereocenters. The van der Waals surface area contributed by atoms with E-state index in [0.717, 1.165) is 31.7 Å². The zero-order valence-electron chi connectivity index (χ0n) is 8.08. The van der Waals surface area contributed by atoms with Gasteiger partial charge in [0.25, 0.3) is 0 Å². The lowest BCUT2D eigenvalue weighted by Gasteiger charge is -2.32. The van der Waals surface area contributed by atoms with Crippen molar-refractivity contribution in [3.05, 3.63) is 0 Å². The van der Waals surface area contributed by atoms with Crippen LogP contribution in [0.3, 0.4) is 0 Å². The fourth-order valence-electron chi connectivity index (χ4n) is 2.19. The van der Waals surface area contributed by atoms with Gasteiger partial charge < -0.3 is 10.0 Å². The van der Waals surface area contributed by atoms with Crippen molar-refractivity contribution in [3.8, 4) is 0 Å². The van der Waals surface area contributed by atoms with Crippen LogP contribution in [0.15, 0.2) is 0 Å². The van der Waals surface area contributed by atoms with Crippen LogP contribution in [0.5, 0.6) is 0 Å². The van der Waals surface area contributed by atoms with E-state index in [2.05, 4.69) is 17.5 Å². The number of hydrogen-bond donors (Lipinski definition) is 2. The van der Waals surface area contributed by atoms with Gasteiger partial charge >= 0.3 is 0 Å². The van der Waals surface area contributed by atoms with E-state index >= 15 is 0 Å². The van der Waals surface area contributed by atoms with Gasteiger partial charge in [-0.15, -0.1) is 0 Å². The van der Waals surface area contributed by atoms with Gasteiger partial charge in [-0.3, -0.25) is 0 Å². The molecule has 0 spiro atoms. The van der Waals surface area contributed by atoms with E-state index in [1.807, 2.05) is 0 Å². The van der Waals surface area contributed by atoms with Crippen molar-refractivity contribution in [2.24, 2.45) is 5.41 Å². The Kier molecular flexibility index (Phi) is 2.86. The summed E-state index contributed by atoms with van der Waals surface area (Å²) in [6.45, 7) is 3.22. The molecule has 76 valence electrons.